The molecular weight excluding hydrogens is 496 g/mol. The quantitative estimate of drug-likeness (QED) is 0.447. The number of methoxy groups -OCH3 is 1. The first kappa shape index (κ1) is 28.3. The highest BCUT2D eigenvalue weighted by molar-refractivity contribution is 6.21. The summed E-state index contributed by atoms with van der Waals surface area (Å²) in [5.41, 5.74) is 0.728. The molecular formula is C31H38N2O6. The zero-order valence-corrected chi connectivity index (χ0v) is 24.2. The first-order valence-corrected chi connectivity index (χ1v) is 13.1. The van der Waals surface area contributed by atoms with Gasteiger partial charge in [-0.15, -0.1) is 0 Å². The average Bonchev–Trinajstić information content (AvgIpc) is 3.14. The van der Waals surface area contributed by atoms with Crippen LogP contribution in [0.25, 0.3) is 0 Å². The number of imide groups is 2. The number of aromatic hydroxyl groups is 1. The zero-order valence-electron chi connectivity index (χ0n) is 24.2. The standard InChI is InChI=1S/C31H38N2O6/c1-29(2,3)21-14-17(15-22(25(21)35)30(4,5)6)24-19-13-11-10-12-18(19)20(16-23(34)39-9)31(24)26(36)32(7)28(38)33(8)27(31)37/h10-15,20,24,35H,16H2,1-9H3/t20-,24+/m0/s1. The molecule has 4 rings (SSSR count). The second-order valence-electron chi connectivity index (χ2n) is 12.7. The van der Waals surface area contributed by atoms with Gasteiger partial charge in [0.15, 0.2) is 0 Å². The molecule has 0 radical (unpaired) electrons. The van der Waals surface area contributed by atoms with Crippen molar-refractivity contribution in [2.24, 2.45) is 5.41 Å². The summed E-state index contributed by atoms with van der Waals surface area (Å²) in [4.78, 5) is 56.2. The van der Waals surface area contributed by atoms with Crippen LogP contribution >= 0.6 is 0 Å². The molecule has 1 fully saturated rings. The Balaban J connectivity index is 2.16. The van der Waals surface area contributed by atoms with Crippen molar-refractivity contribution in [2.45, 2.75) is 70.6 Å². The molecule has 1 aliphatic carbocycles. The lowest BCUT2D eigenvalue weighted by Crippen LogP contribution is -2.65. The number of benzene rings is 2. The van der Waals surface area contributed by atoms with Crippen molar-refractivity contribution in [3.63, 3.8) is 0 Å². The van der Waals surface area contributed by atoms with Crippen LogP contribution in [0.2, 0.25) is 0 Å². The smallest absolute Gasteiger partial charge is 0.332 e. The minimum Gasteiger partial charge on any atom is -0.507 e. The van der Waals surface area contributed by atoms with E-state index in [0.717, 1.165) is 15.4 Å². The maximum Gasteiger partial charge on any atom is 0.332 e. The molecule has 8 nitrogen and oxygen atoms in total. The molecule has 0 unspecified atom stereocenters. The Morgan fingerprint density at radius 1 is 0.897 bits per heavy atom. The van der Waals surface area contributed by atoms with Gasteiger partial charge in [0.1, 0.15) is 11.2 Å². The van der Waals surface area contributed by atoms with E-state index in [-0.39, 0.29) is 12.2 Å². The van der Waals surface area contributed by atoms with Crippen molar-refractivity contribution in [3.05, 3.63) is 64.2 Å². The Labute approximate surface area is 229 Å². The number of barbiturate groups is 1. The van der Waals surface area contributed by atoms with E-state index >= 15 is 0 Å². The fourth-order valence-electron chi connectivity index (χ4n) is 6.30. The highest BCUT2D eigenvalue weighted by Crippen LogP contribution is 2.62. The van der Waals surface area contributed by atoms with E-state index in [1.165, 1.54) is 21.2 Å². The van der Waals surface area contributed by atoms with Crippen molar-refractivity contribution in [3.8, 4) is 5.75 Å². The second-order valence-corrected chi connectivity index (χ2v) is 12.7. The second kappa shape index (κ2) is 9.21. The molecule has 208 valence electrons. The van der Waals surface area contributed by atoms with Gasteiger partial charge in [0, 0.05) is 25.9 Å². The van der Waals surface area contributed by atoms with Crippen LogP contribution < -0.4 is 0 Å². The maximum atomic E-state index is 14.3. The first-order chi connectivity index (χ1) is 18.0. The number of carbonyl (C=O) groups is 4. The molecule has 0 aromatic heterocycles. The van der Waals surface area contributed by atoms with Crippen molar-refractivity contribution >= 4 is 23.8 Å². The lowest BCUT2D eigenvalue weighted by Gasteiger charge is -2.46. The van der Waals surface area contributed by atoms with Crippen molar-refractivity contribution in [1.29, 1.82) is 0 Å². The number of nitrogens with zero attached hydrogens (tertiary/aromatic N) is 2. The number of ether oxygens (including phenoxy) is 1. The van der Waals surface area contributed by atoms with Gasteiger partial charge < -0.3 is 9.84 Å². The number of urea groups is 1. The Hall–Kier alpha value is -3.68. The van der Waals surface area contributed by atoms with Crippen molar-refractivity contribution < 1.29 is 29.0 Å². The molecule has 1 heterocycles. The van der Waals surface area contributed by atoms with Gasteiger partial charge in [0.2, 0.25) is 11.8 Å². The molecule has 2 aliphatic rings. The summed E-state index contributed by atoms with van der Waals surface area (Å²) in [6, 6.07) is 10.4. The number of hydrogen-bond acceptors (Lipinski definition) is 6. The molecule has 1 N–H and O–H groups in total. The summed E-state index contributed by atoms with van der Waals surface area (Å²) in [6.07, 6.45) is -0.215. The lowest BCUT2D eigenvalue weighted by molar-refractivity contribution is -0.160. The van der Waals surface area contributed by atoms with Gasteiger partial charge in [0.05, 0.1) is 13.5 Å². The Morgan fingerprint density at radius 2 is 1.36 bits per heavy atom. The maximum absolute atomic E-state index is 14.3. The van der Waals surface area contributed by atoms with E-state index in [2.05, 4.69) is 0 Å². The zero-order chi connectivity index (χ0) is 29.2. The number of phenols is 1. The van der Waals surface area contributed by atoms with Crippen LogP contribution in [0.5, 0.6) is 5.75 Å². The highest BCUT2D eigenvalue weighted by Gasteiger charge is 2.68. The molecule has 8 heteroatoms. The van der Waals surface area contributed by atoms with E-state index < -0.39 is 51.9 Å². The molecule has 1 saturated heterocycles. The number of carbonyl (C=O) groups excluding carboxylic acids is 4. The molecule has 1 spiro atoms. The number of hydrogen-bond donors (Lipinski definition) is 1. The van der Waals surface area contributed by atoms with Gasteiger partial charge in [-0.3, -0.25) is 24.2 Å². The van der Waals surface area contributed by atoms with Crippen LogP contribution in [-0.4, -0.2) is 59.9 Å². The summed E-state index contributed by atoms with van der Waals surface area (Å²) in [7, 11) is 4.00. The fourth-order valence-corrected chi connectivity index (χ4v) is 6.30. The SMILES string of the molecule is COC(=O)C[C@H]1c2ccccc2[C@@H](c2cc(C(C)(C)C)c(O)c(C(C)(C)C)c2)C12C(=O)N(C)C(=O)N(C)C2=O. The number of esters is 1. The van der Waals surface area contributed by atoms with Gasteiger partial charge in [-0.25, -0.2) is 4.79 Å². The Kier molecular flexibility index (Phi) is 6.69. The minimum atomic E-state index is -1.81. The predicted octanol–water partition coefficient (Wildman–Crippen LogP) is 4.82. The third kappa shape index (κ3) is 4.12. The van der Waals surface area contributed by atoms with E-state index in [4.69, 9.17) is 4.74 Å². The van der Waals surface area contributed by atoms with Gasteiger partial charge in [-0.1, -0.05) is 77.9 Å². The summed E-state index contributed by atoms with van der Waals surface area (Å²) < 4.78 is 5.00. The van der Waals surface area contributed by atoms with Crippen LogP contribution in [0.1, 0.15) is 87.6 Å². The van der Waals surface area contributed by atoms with Crippen molar-refractivity contribution in [1.82, 2.24) is 9.80 Å². The van der Waals surface area contributed by atoms with E-state index in [9.17, 15) is 24.3 Å². The number of phenolic OH excluding ortho intramolecular Hbond substituents is 1. The summed E-state index contributed by atoms with van der Waals surface area (Å²) in [5.74, 6) is -3.38. The summed E-state index contributed by atoms with van der Waals surface area (Å²) >= 11 is 0. The van der Waals surface area contributed by atoms with Gasteiger partial charge in [-0.2, -0.15) is 0 Å². The van der Waals surface area contributed by atoms with Crippen LogP contribution in [0.15, 0.2) is 36.4 Å². The molecule has 0 bridgehead atoms. The lowest BCUT2D eigenvalue weighted by atomic mass is 9.63. The van der Waals surface area contributed by atoms with E-state index in [1.807, 2.05) is 77.9 Å². The fraction of sp³-hybridized carbons (Fsp3) is 0.484. The minimum absolute atomic E-state index is 0.177. The van der Waals surface area contributed by atoms with Crippen molar-refractivity contribution in [2.75, 3.05) is 21.2 Å². The summed E-state index contributed by atoms with van der Waals surface area (Å²) in [6.45, 7) is 12.0. The topological polar surface area (TPSA) is 104 Å². The first-order valence-electron chi connectivity index (χ1n) is 13.1. The molecule has 2 aromatic carbocycles. The van der Waals surface area contributed by atoms with Gasteiger partial charge in [-0.05, 0) is 38.6 Å². The molecule has 39 heavy (non-hydrogen) atoms. The average molecular weight is 535 g/mol. The molecule has 2 aromatic rings. The van der Waals surface area contributed by atoms with Gasteiger partial charge in [0.25, 0.3) is 0 Å². The van der Waals surface area contributed by atoms with E-state index in [0.29, 0.717) is 22.3 Å². The van der Waals surface area contributed by atoms with Crippen LogP contribution in [0.4, 0.5) is 4.79 Å². The van der Waals surface area contributed by atoms with Gasteiger partial charge >= 0.3 is 12.0 Å². The Bertz CT molecular complexity index is 1320. The normalized spacial score (nSPS) is 21.0. The Morgan fingerprint density at radius 3 is 1.79 bits per heavy atom. The number of amides is 4. The monoisotopic (exact) mass is 534 g/mol. The summed E-state index contributed by atoms with van der Waals surface area (Å²) in [5, 5.41) is 11.4. The third-order valence-electron chi connectivity index (χ3n) is 8.26. The highest BCUT2D eigenvalue weighted by atomic mass is 16.5. The van der Waals surface area contributed by atoms with Crippen LogP contribution in [0, 0.1) is 5.41 Å². The predicted molar refractivity (Wildman–Crippen MR) is 147 cm³/mol. The van der Waals surface area contributed by atoms with E-state index in [1.54, 1.807) is 0 Å². The third-order valence-corrected chi connectivity index (χ3v) is 8.26. The molecule has 4 amide bonds. The number of fused-ring (bicyclic) bond motifs is 1. The van der Waals surface area contributed by atoms with Crippen LogP contribution in [0.3, 0.4) is 0 Å². The number of rotatable bonds is 3. The van der Waals surface area contributed by atoms with Crippen LogP contribution in [-0.2, 0) is 30.0 Å². The largest absolute Gasteiger partial charge is 0.507 e. The molecule has 1 aliphatic heterocycles. The molecule has 0 saturated carbocycles. The molecule has 2 atom stereocenters.